The van der Waals surface area contributed by atoms with E-state index in [2.05, 4.69) is 6.92 Å². The van der Waals surface area contributed by atoms with E-state index in [4.69, 9.17) is 11.6 Å². The third kappa shape index (κ3) is 3.54. The van der Waals surface area contributed by atoms with Gasteiger partial charge in [0, 0.05) is 19.0 Å². The van der Waals surface area contributed by atoms with Crippen LogP contribution in [-0.2, 0) is 15.9 Å². The number of hydrogen-bond donors (Lipinski definition) is 0. The summed E-state index contributed by atoms with van der Waals surface area (Å²) in [5.41, 5.74) is 2.59. The predicted molar refractivity (Wildman–Crippen MR) is 84.8 cm³/mol. The molecule has 1 aromatic carbocycles. The van der Waals surface area contributed by atoms with Gasteiger partial charge in [-0.05, 0) is 49.9 Å². The summed E-state index contributed by atoms with van der Waals surface area (Å²) in [6.45, 7) is 7.76. The summed E-state index contributed by atoms with van der Waals surface area (Å²) in [4.78, 5) is 0.374. The van der Waals surface area contributed by atoms with Crippen molar-refractivity contribution in [2.75, 3.05) is 7.05 Å². The second-order valence-electron chi connectivity index (χ2n) is 5.33. The van der Waals surface area contributed by atoms with Crippen LogP contribution in [0.5, 0.6) is 0 Å². The molecular formula is C15H24ClNO2S. The van der Waals surface area contributed by atoms with Gasteiger partial charge in [0.15, 0.2) is 0 Å². The number of aryl methyl sites for hydroxylation is 1. The molecule has 0 amide bonds. The lowest BCUT2D eigenvalue weighted by Crippen LogP contribution is -2.35. The molecule has 0 aliphatic rings. The van der Waals surface area contributed by atoms with Crippen LogP contribution in [0.4, 0.5) is 0 Å². The molecular weight excluding hydrogens is 294 g/mol. The van der Waals surface area contributed by atoms with E-state index in [1.165, 1.54) is 4.31 Å². The summed E-state index contributed by atoms with van der Waals surface area (Å²) in [6.07, 6.45) is 1.81. The SMILES string of the molecule is CCCC(C)N(C)S(=O)(=O)c1cc(CCl)cc(C)c1C. The first kappa shape index (κ1) is 17.5. The molecule has 3 nitrogen and oxygen atoms in total. The van der Waals surface area contributed by atoms with Crippen molar-refractivity contribution in [3.63, 3.8) is 0 Å². The fourth-order valence-corrected chi connectivity index (χ4v) is 4.13. The summed E-state index contributed by atoms with van der Waals surface area (Å²) in [5.74, 6) is 0.317. The number of alkyl halides is 1. The molecule has 5 heteroatoms. The topological polar surface area (TPSA) is 37.4 Å². The number of hydrogen-bond acceptors (Lipinski definition) is 2. The van der Waals surface area contributed by atoms with Crippen molar-refractivity contribution in [3.8, 4) is 0 Å². The minimum atomic E-state index is -3.47. The van der Waals surface area contributed by atoms with Crippen LogP contribution in [0.3, 0.4) is 0 Å². The summed E-state index contributed by atoms with van der Waals surface area (Å²) in [5, 5.41) is 0. The van der Waals surface area contributed by atoms with E-state index in [1.807, 2.05) is 26.8 Å². The Kier molecular flexibility index (Phi) is 6.05. The van der Waals surface area contributed by atoms with Gasteiger partial charge in [0.1, 0.15) is 0 Å². The monoisotopic (exact) mass is 317 g/mol. The first-order valence-electron chi connectivity index (χ1n) is 6.89. The molecule has 0 aromatic heterocycles. The van der Waals surface area contributed by atoms with E-state index >= 15 is 0 Å². The van der Waals surface area contributed by atoms with Crippen LogP contribution in [0.2, 0.25) is 0 Å². The Bertz CT molecular complexity index is 569. The van der Waals surface area contributed by atoms with Crippen LogP contribution < -0.4 is 0 Å². The Morgan fingerprint density at radius 1 is 1.30 bits per heavy atom. The van der Waals surface area contributed by atoms with Crippen LogP contribution in [0.25, 0.3) is 0 Å². The quantitative estimate of drug-likeness (QED) is 0.747. The fraction of sp³-hybridized carbons (Fsp3) is 0.600. The summed E-state index contributed by atoms with van der Waals surface area (Å²) in [6, 6.07) is 3.63. The van der Waals surface area contributed by atoms with E-state index in [9.17, 15) is 8.42 Å². The average molecular weight is 318 g/mol. The molecule has 114 valence electrons. The van der Waals surface area contributed by atoms with Gasteiger partial charge in [-0.1, -0.05) is 19.4 Å². The van der Waals surface area contributed by atoms with Crippen molar-refractivity contribution < 1.29 is 8.42 Å². The zero-order valence-electron chi connectivity index (χ0n) is 12.9. The van der Waals surface area contributed by atoms with Gasteiger partial charge < -0.3 is 0 Å². The lowest BCUT2D eigenvalue weighted by molar-refractivity contribution is 0.368. The molecule has 1 aromatic rings. The number of benzene rings is 1. The van der Waals surface area contributed by atoms with Crippen LogP contribution >= 0.6 is 11.6 Å². The predicted octanol–water partition coefficient (Wildman–Crippen LogP) is 3.85. The number of rotatable bonds is 6. The van der Waals surface area contributed by atoms with Crippen molar-refractivity contribution in [1.29, 1.82) is 0 Å². The van der Waals surface area contributed by atoms with Crippen molar-refractivity contribution in [2.24, 2.45) is 0 Å². The summed E-state index contributed by atoms with van der Waals surface area (Å²) >= 11 is 5.86. The Hall–Kier alpha value is -0.580. The van der Waals surface area contributed by atoms with Crippen molar-refractivity contribution >= 4 is 21.6 Å². The molecule has 1 unspecified atom stereocenters. The van der Waals surface area contributed by atoms with Crippen LogP contribution in [0.1, 0.15) is 43.4 Å². The zero-order valence-corrected chi connectivity index (χ0v) is 14.5. The number of halogens is 1. The van der Waals surface area contributed by atoms with Crippen molar-refractivity contribution in [2.45, 2.75) is 57.4 Å². The Balaban J connectivity index is 3.31. The van der Waals surface area contributed by atoms with Gasteiger partial charge in [0.2, 0.25) is 10.0 Å². The van der Waals surface area contributed by atoms with Gasteiger partial charge in [0.05, 0.1) is 4.90 Å². The van der Waals surface area contributed by atoms with Gasteiger partial charge in [-0.3, -0.25) is 0 Å². The van der Waals surface area contributed by atoms with Gasteiger partial charge in [-0.15, -0.1) is 11.6 Å². The van der Waals surface area contributed by atoms with Crippen molar-refractivity contribution in [3.05, 3.63) is 28.8 Å². The molecule has 0 heterocycles. The highest BCUT2D eigenvalue weighted by molar-refractivity contribution is 7.89. The number of nitrogens with zero attached hydrogens (tertiary/aromatic N) is 1. The Morgan fingerprint density at radius 2 is 1.90 bits per heavy atom. The lowest BCUT2D eigenvalue weighted by atomic mass is 10.1. The maximum absolute atomic E-state index is 12.8. The minimum Gasteiger partial charge on any atom is -0.207 e. The first-order valence-corrected chi connectivity index (χ1v) is 8.87. The smallest absolute Gasteiger partial charge is 0.207 e. The third-order valence-corrected chi connectivity index (χ3v) is 6.22. The van der Waals surface area contributed by atoms with E-state index in [1.54, 1.807) is 13.1 Å². The molecule has 0 aliphatic heterocycles. The molecule has 0 radical (unpaired) electrons. The minimum absolute atomic E-state index is 0.00985. The molecule has 20 heavy (non-hydrogen) atoms. The fourth-order valence-electron chi connectivity index (χ4n) is 2.24. The Morgan fingerprint density at radius 3 is 2.40 bits per heavy atom. The molecule has 1 atom stereocenters. The molecule has 0 saturated carbocycles. The zero-order chi connectivity index (χ0) is 15.5. The number of sulfonamides is 1. The van der Waals surface area contributed by atoms with E-state index in [0.717, 1.165) is 29.5 Å². The highest BCUT2D eigenvalue weighted by Gasteiger charge is 2.27. The highest BCUT2D eigenvalue weighted by Crippen LogP contribution is 2.26. The molecule has 0 bridgehead atoms. The molecule has 0 N–H and O–H groups in total. The van der Waals surface area contributed by atoms with Gasteiger partial charge >= 0.3 is 0 Å². The highest BCUT2D eigenvalue weighted by atomic mass is 35.5. The standard InChI is InChI=1S/C15H24ClNO2S/c1-6-7-12(3)17(5)20(18,19)15-9-14(10-16)8-11(2)13(15)4/h8-9,12H,6-7,10H2,1-5H3. The summed E-state index contributed by atoms with van der Waals surface area (Å²) < 4.78 is 27.0. The maximum Gasteiger partial charge on any atom is 0.243 e. The normalized spacial score (nSPS) is 13.8. The van der Waals surface area contributed by atoms with Gasteiger partial charge in [-0.2, -0.15) is 4.31 Å². The summed E-state index contributed by atoms with van der Waals surface area (Å²) in [7, 11) is -1.82. The van der Waals surface area contributed by atoms with E-state index in [0.29, 0.717) is 10.8 Å². The molecule has 0 spiro atoms. The average Bonchev–Trinajstić information content (AvgIpc) is 2.40. The molecule has 1 rings (SSSR count). The molecule has 0 saturated heterocycles. The largest absolute Gasteiger partial charge is 0.243 e. The van der Waals surface area contributed by atoms with Crippen LogP contribution in [0, 0.1) is 13.8 Å². The van der Waals surface area contributed by atoms with Crippen LogP contribution in [0.15, 0.2) is 17.0 Å². The molecule has 0 fully saturated rings. The van der Waals surface area contributed by atoms with Gasteiger partial charge in [-0.25, -0.2) is 8.42 Å². The van der Waals surface area contributed by atoms with E-state index in [-0.39, 0.29) is 6.04 Å². The lowest BCUT2D eigenvalue weighted by Gasteiger charge is -2.25. The second-order valence-corrected chi connectivity index (χ2v) is 7.56. The Labute approximate surface area is 128 Å². The van der Waals surface area contributed by atoms with Crippen LogP contribution in [-0.4, -0.2) is 25.8 Å². The third-order valence-electron chi connectivity index (χ3n) is 3.82. The maximum atomic E-state index is 12.8. The van der Waals surface area contributed by atoms with E-state index < -0.39 is 10.0 Å². The first-order chi connectivity index (χ1) is 9.25. The van der Waals surface area contributed by atoms with Gasteiger partial charge in [0.25, 0.3) is 0 Å². The van der Waals surface area contributed by atoms with Crippen molar-refractivity contribution in [1.82, 2.24) is 4.31 Å². The molecule has 0 aliphatic carbocycles. The second kappa shape index (κ2) is 6.92.